The molecule has 0 spiro atoms. The van der Waals surface area contributed by atoms with Crippen LogP contribution in [0.4, 0.5) is 0 Å². The normalized spacial score (nSPS) is 9.64. The van der Waals surface area contributed by atoms with Gasteiger partial charge in [0.05, 0.1) is 0 Å². The van der Waals surface area contributed by atoms with E-state index in [-0.39, 0.29) is 0 Å². The molecule has 0 aliphatic rings. The van der Waals surface area contributed by atoms with Crippen LogP contribution in [0.5, 0.6) is 5.75 Å². The minimum atomic E-state index is 0.564. The van der Waals surface area contributed by atoms with Gasteiger partial charge in [0.15, 0.2) is 5.75 Å². The molecule has 11 heavy (non-hydrogen) atoms. The van der Waals surface area contributed by atoms with Gasteiger partial charge in [-0.05, 0) is 18.1 Å². The van der Waals surface area contributed by atoms with Crippen molar-refractivity contribution in [2.24, 2.45) is 0 Å². The lowest BCUT2D eigenvalue weighted by Gasteiger charge is -2.02. The Bertz CT molecular complexity index is 221. The van der Waals surface area contributed by atoms with E-state index < -0.39 is 0 Å². The maximum atomic E-state index is 8.45. The Hall–Kier alpha value is -1.02. The highest BCUT2D eigenvalue weighted by molar-refractivity contribution is 5.32. The number of rotatable bonds is 3. The molecule has 0 heterocycles. The first kappa shape index (κ1) is 8.08. The summed E-state index contributed by atoms with van der Waals surface area (Å²) >= 11 is 0. The first-order chi connectivity index (χ1) is 5.38. The molecule has 0 saturated carbocycles. The fourth-order valence-electron chi connectivity index (χ4n) is 1.07. The smallest absolute Gasteiger partial charge is 0.168 e. The van der Waals surface area contributed by atoms with Gasteiger partial charge in [-0.15, -0.1) is 0 Å². The largest absolute Gasteiger partial charge is 0.340 e. The molecule has 0 aliphatic heterocycles. The van der Waals surface area contributed by atoms with Crippen molar-refractivity contribution in [2.45, 2.75) is 19.8 Å². The van der Waals surface area contributed by atoms with E-state index in [0.717, 1.165) is 18.4 Å². The van der Waals surface area contributed by atoms with Crippen LogP contribution in [0.15, 0.2) is 24.3 Å². The van der Waals surface area contributed by atoms with E-state index >= 15 is 0 Å². The van der Waals surface area contributed by atoms with Crippen LogP contribution in [0.1, 0.15) is 18.9 Å². The van der Waals surface area contributed by atoms with Gasteiger partial charge in [0.2, 0.25) is 0 Å². The molecule has 1 aromatic rings. The van der Waals surface area contributed by atoms with Crippen LogP contribution in [0.3, 0.4) is 0 Å². The molecular weight excluding hydrogens is 140 g/mol. The van der Waals surface area contributed by atoms with Crippen LogP contribution in [-0.2, 0) is 6.42 Å². The molecule has 1 aromatic carbocycles. The minimum Gasteiger partial charge on any atom is -0.340 e. The molecule has 0 aliphatic carbocycles. The lowest BCUT2D eigenvalue weighted by atomic mass is 10.1. The fraction of sp³-hybridized carbons (Fsp3) is 0.333. The third-order valence-electron chi connectivity index (χ3n) is 1.59. The van der Waals surface area contributed by atoms with Gasteiger partial charge in [-0.1, -0.05) is 31.5 Å². The zero-order valence-corrected chi connectivity index (χ0v) is 6.58. The van der Waals surface area contributed by atoms with Crippen LogP contribution in [0, 0.1) is 0 Å². The van der Waals surface area contributed by atoms with Gasteiger partial charge in [-0.2, -0.15) is 0 Å². The Morgan fingerprint density at radius 3 is 2.73 bits per heavy atom. The van der Waals surface area contributed by atoms with E-state index in [2.05, 4.69) is 11.8 Å². The van der Waals surface area contributed by atoms with Gasteiger partial charge in [-0.3, -0.25) is 0 Å². The standard InChI is InChI=1S/C9H12O2/c1-2-5-8-6-3-4-7-9(8)11-10/h3-4,6-7,10H,2,5H2,1H3. The van der Waals surface area contributed by atoms with Crippen LogP contribution in [-0.4, -0.2) is 5.26 Å². The summed E-state index contributed by atoms with van der Waals surface area (Å²) in [4.78, 5) is 4.20. The molecule has 0 amide bonds. The first-order valence-electron chi connectivity index (χ1n) is 3.77. The number of aryl methyl sites for hydroxylation is 1. The van der Waals surface area contributed by atoms with E-state index in [0.29, 0.717) is 5.75 Å². The summed E-state index contributed by atoms with van der Waals surface area (Å²) < 4.78 is 0. The Kier molecular flexibility index (Phi) is 2.93. The highest BCUT2D eigenvalue weighted by Gasteiger charge is 1.99. The molecule has 0 fully saturated rings. The SMILES string of the molecule is CCCc1ccccc1OO. The average Bonchev–Trinajstić information content (AvgIpc) is 2.06. The van der Waals surface area contributed by atoms with Crippen molar-refractivity contribution >= 4 is 0 Å². The number of hydrogen-bond acceptors (Lipinski definition) is 2. The van der Waals surface area contributed by atoms with Crippen molar-refractivity contribution in [1.82, 2.24) is 0 Å². The Morgan fingerprint density at radius 2 is 2.09 bits per heavy atom. The molecule has 0 unspecified atom stereocenters. The number of para-hydroxylation sites is 1. The molecular formula is C9H12O2. The Balaban J connectivity index is 2.83. The molecule has 0 aromatic heterocycles. The zero-order chi connectivity index (χ0) is 8.10. The van der Waals surface area contributed by atoms with Gasteiger partial charge in [0.25, 0.3) is 0 Å². The summed E-state index contributed by atoms with van der Waals surface area (Å²) in [5, 5.41) is 8.45. The molecule has 2 heteroatoms. The molecule has 60 valence electrons. The van der Waals surface area contributed by atoms with Crippen molar-refractivity contribution in [3.8, 4) is 5.75 Å². The van der Waals surface area contributed by atoms with Crippen LogP contribution in [0.25, 0.3) is 0 Å². The quantitative estimate of drug-likeness (QED) is 0.532. The molecule has 0 bridgehead atoms. The maximum absolute atomic E-state index is 8.45. The second-order valence-corrected chi connectivity index (χ2v) is 2.45. The van der Waals surface area contributed by atoms with Gasteiger partial charge in [0, 0.05) is 0 Å². The number of hydrogen-bond donors (Lipinski definition) is 1. The summed E-state index contributed by atoms with van der Waals surface area (Å²) in [7, 11) is 0. The molecule has 0 radical (unpaired) electrons. The minimum absolute atomic E-state index is 0.564. The van der Waals surface area contributed by atoms with Gasteiger partial charge in [0.1, 0.15) is 0 Å². The lowest BCUT2D eigenvalue weighted by molar-refractivity contribution is -0.138. The van der Waals surface area contributed by atoms with Crippen LogP contribution >= 0.6 is 0 Å². The maximum Gasteiger partial charge on any atom is 0.168 e. The average molecular weight is 152 g/mol. The molecule has 1 rings (SSSR count). The molecule has 0 atom stereocenters. The Labute approximate surface area is 66.4 Å². The van der Waals surface area contributed by atoms with Crippen molar-refractivity contribution in [3.05, 3.63) is 29.8 Å². The lowest BCUT2D eigenvalue weighted by Crippen LogP contribution is -1.90. The van der Waals surface area contributed by atoms with Crippen molar-refractivity contribution in [1.29, 1.82) is 0 Å². The second-order valence-electron chi connectivity index (χ2n) is 2.45. The number of benzene rings is 1. The highest BCUT2D eigenvalue weighted by Crippen LogP contribution is 2.18. The summed E-state index contributed by atoms with van der Waals surface area (Å²) in [5.41, 5.74) is 1.05. The zero-order valence-electron chi connectivity index (χ0n) is 6.58. The third kappa shape index (κ3) is 1.95. The molecule has 0 saturated heterocycles. The predicted octanol–water partition coefficient (Wildman–Crippen LogP) is 2.49. The molecule has 2 nitrogen and oxygen atoms in total. The monoisotopic (exact) mass is 152 g/mol. The van der Waals surface area contributed by atoms with E-state index in [1.54, 1.807) is 6.07 Å². The third-order valence-corrected chi connectivity index (χ3v) is 1.59. The first-order valence-corrected chi connectivity index (χ1v) is 3.77. The fourth-order valence-corrected chi connectivity index (χ4v) is 1.07. The van der Waals surface area contributed by atoms with Crippen molar-refractivity contribution in [3.63, 3.8) is 0 Å². The summed E-state index contributed by atoms with van der Waals surface area (Å²) in [6.45, 7) is 2.09. The summed E-state index contributed by atoms with van der Waals surface area (Å²) in [5.74, 6) is 0.564. The van der Waals surface area contributed by atoms with Crippen LogP contribution in [0.2, 0.25) is 0 Å². The Morgan fingerprint density at radius 1 is 1.36 bits per heavy atom. The summed E-state index contributed by atoms with van der Waals surface area (Å²) in [6.07, 6.45) is 2.00. The van der Waals surface area contributed by atoms with Crippen molar-refractivity contribution < 1.29 is 10.1 Å². The van der Waals surface area contributed by atoms with E-state index in [4.69, 9.17) is 5.26 Å². The van der Waals surface area contributed by atoms with E-state index in [9.17, 15) is 0 Å². The predicted molar refractivity (Wildman–Crippen MR) is 43.7 cm³/mol. The highest BCUT2D eigenvalue weighted by atomic mass is 17.1. The van der Waals surface area contributed by atoms with Gasteiger partial charge >= 0.3 is 0 Å². The second kappa shape index (κ2) is 3.98. The van der Waals surface area contributed by atoms with Crippen LogP contribution < -0.4 is 4.89 Å². The van der Waals surface area contributed by atoms with Gasteiger partial charge in [-0.25, -0.2) is 5.26 Å². The van der Waals surface area contributed by atoms with Crippen molar-refractivity contribution in [2.75, 3.05) is 0 Å². The summed E-state index contributed by atoms with van der Waals surface area (Å²) in [6, 6.07) is 7.48. The van der Waals surface area contributed by atoms with E-state index in [1.807, 2.05) is 18.2 Å². The molecule has 1 N–H and O–H groups in total. The topological polar surface area (TPSA) is 29.5 Å². The van der Waals surface area contributed by atoms with E-state index in [1.165, 1.54) is 0 Å². The van der Waals surface area contributed by atoms with Gasteiger partial charge < -0.3 is 4.89 Å².